The van der Waals surface area contributed by atoms with Gasteiger partial charge in [-0.1, -0.05) is 25.6 Å². The molecule has 106 valence electrons. The molecule has 0 unspecified atom stereocenters. The molecule has 1 amide bonds. The number of hydrogen-bond donors (Lipinski definition) is 2. The Bertz CT molecular complexity index is 435. The smallest absolute Gasteiger partial charge is 0.313 e. The van der Waals surface area contributed by atoms with Crippen molar-refractivity contribution in [3.05, 3.63) is 0 Å². The maximum absolute atomic E-state index is 11.5. The van der Waals surface area contributed by atoms with E-state index < -0.39 is 5.97 Å². The number of aromatic nitrogens is 4. The molecule has 0 aliphatic carbocycles. The number of carboxylic acid groups (broad SMARTS) is 1. The van der Waals surface area contributed by atoms with Crippen LogP contribution < -0.4 is 5.32 Å². The van der Waals surface area contributed by atoms with Gasteiger partial charge in [-0.25, -0.2) is 4.68 Å². The fourth-order valence-electron chi connectivity index (χ4n) is 1.18. The van der Waals surface area contributed by atoms with E-state index in [9.17, 15) is 9.59 Å². The normalized spacial score (nSPS) is 10.7. The van der Waals surface area contributed by atoms with Crippen LogP contribution in [-0.4, -0.2) is 49.5 Å². The van der Waals surface area contributed by atoms with Gasteiger partial charge in [-0.3, -0.25) is 9.59 Å². The van der Waals surface area contributed by atoms with E-state index in [4.69, 9.17) is 5.11 Å². The van der Waals surface area contributed by atoms with E-state index in [1.165, 1.54) is 4.68 Å². The number of aliphatic carboxylic acids is 1. The van der Waals surface area contributed by atoms with Crippen molar-refractivity contribution < 1.29 is 14.7 Å². The summed E-state index contributed by atoms with van der Waals surface area (Å²) in [4.78, 5) is 22.0. The highest BCUT2D eigenvalue weighted by atomic mass is 32.2. The summed E-state index contributed by atoms with van der Waals surface area (Å²) in [6.07, 6.45) is 0.262. The third kappa shape index (κ3) is 6.18. The van der Waals surface area contributed by atoms with Gasteiger partial charge in [-0.05, 0) is 16.3 Å². The Balaban J connectivity index is 2.38. The van der Waals surface area contributed by atoms with E-state index >= 15 is 0 Å². The number of amides is 1. The Morgan fingerprint density at radius 2 is 2.21 bits per heavy atom. The zero-order valence-corrected chi connectivity index (χ0v) is 11.7. The van der Waals surface area contributed by atoms with E-state index in [1.54, 1.807) is 0 Å². The van der Waals surface area contributed by atoms with Gasteiger partial charge in [0, 0.05) is 13.0 Å². The number of carbonyl (C=O) groups is 2. The number of nitrogens with zero attached hydrogens (tertiary/aromatic N) is 4. The molecule has 0 aliphatic heterocycles. The molecule has 8 nitrogen and oxygen atoms in total. The van der Waals surface area contributed by atoms with Crippen molar-refractivity contribution in [2.45, 2.75) is 32.0 Å². The van der Waals surface area contributed by atoms with E-state index in [1.807, 2.05) is 13.8 Å². The molecule has 0 fully saturated rings. The zero-order valence-electron chi connectivity index (χ0n) is 10.9. The molecule has 0 spiro atoms. The molecule has 0 saturated carbocycles. The van der Waals surface area contributed by atoms with Crippen LogP contribution in [0.4, 0.5) is 0 Å². The zero-order chi connectivity index (χ0) is 14.3. The van der Waals surface area contributed by atoms with E-state index in [2.05, 4.69) is 20.8 Å². The summed E-state index contributed by atoms with van der Waals surface area (Å²) in [7, 11) is 0. The molecular formula is C10H17N5O3S. The van der Waals surface area contributed by atoms with Crippen molar-refractivity contribution in [2.24, 2.45) is 5.92 Å². The van der Waals surface area contributed by atoms with E-state index in [-0.39, 0.29) is 18.1 Å². The van der Waals surface area contributed by atoms with Crippen LogP contribution in [0.2, 0.25) is 0 Å². The molecule has 1 rings (SSSR count). The van der Waals surface area contributed by atoms with Crippen LogP contribution in [0.1, 0.15) is 20.3 Å². The predicted octanol–water partition coefficient (Wildman–Crippen LogP) is 0.0121. The first-order valence-corrected chi connectivity index (χ1v) is 6.85. The lowest BCUT2D eigenvalue weighted by Gasteiger charge is -2.07. The Morgan fingerprint density at radius 3 is 2.84 bits per heavy atom. The third-order valence-corrected chi connectivity index (χ3v) is 3.02. The summed E-state index contributed by atoms with van der Waals surface area (Å²) < 4.78 is 1.43. The Labute approximate surface area is 114 Å². The highest BCUT2D eigenvalue weighted by Crippen LogP contribution is 2.13. The number of nitrogens with one attached hydrogen (secondary N) is 1. The summed E-state index contributed by atoms with van der Waals surface area (Å²) in [5.74, 6) is -0.716. The second kappa shape index (κ2) is 7.72. The average molecular weight is 287 g/mol. The van der Waals surface area contributed by atoms with Crippen molar-refractivity contribution in [2.75, 3.05) is 12.3 Å². The summed E-state index contributed by atoms with van der Waals surface area (Å²) >= 11 is 1.03. The van der Waals surface area contributed by atoms with Crippen molar-refractivity contribution in [3.8, 4) is 0 Å². The highest BCUT2D eigenvalue weighted by molar-refractivity contribution is 7.99. The SMILES string of the molecule is CC(C)CNC(=O)CCn1nnnc1SCC(=O)O. The fraction of sp³-hybridized carbons (Fsp3) is 0.700. The Kier molecular flexibility index (Phi) is 6.26. The maximum Gasteiger partial charge on any atom is 0.313 e. The number of thioether (sulfide) groups is 1. The van der Waals surface area contributed by atoms with Gasteiger partial charge in [0.25, 0.3) is 0 Å². The molecule has 0 aromatic carbocycles. The molecule has 2 N–H and O–H groups in total. The van der Waals surface area contributed by atoms with Crippen LogP contribution in [0.15, 0.2) is 5.16 Å². The monoisotopic (exact) mass is 287 g/mol. The van der Waals surface area contributed by atoms with Gasteiger partial charge in [-0.15, -0.1) is 5.10 Å². The van der Waals surface area contributed by atoms with E-state index in [0.717, 1.165) is 11.8 Å². The summed E-state index contributed by atoms with van der Waals surface area (Å²) in [5.41, 5.74) is 0. The number of hydrogen-bond acceptors (Lipinski definition) is 6. The Morgan fingerprint density at radius 1 is 1.47 bits per heavy atom. The molecule has 0 aliphatic rings. The van der Waals surface area contributed by atoms with Crippen LogP contribution in [0.5, 0.6) is 0 Å². The largest absolute Gasteiger partial charge is 0.481 e. The highest BCUT2D eigenvalue weighted by Gasteiger charge is 2.10. The van der Waals surface area contributed by atoms with Crippen LogP contribution in [-0.2, 0) is 16.1 Å². The molecule has 1 aromatic heterocycles. The van der Waals surface area contributed by atoms with Gasteiger partial charge in [0.2, 0.25) is 11.1 Å². The molecular weight excluding hydrogens is 270 g/mol. The van der Waals surface area contributed by atoms with Gasteiger partial charge in [0.05, 0.1) is 12.3 Å². The quantitative estimate of drug-likeness (QED) is 0.648. The standard InChI is InChI=1S/C10H17N5O3S/c1-7(2)5-11-8(16)3-4-15-10(12-13-14-15)19-6-9(17)18/h7H,3-6H2,1-2H3,(H,11,16)(H,17,18). The number of carboxylic acids is 1. The molecule has 19 heavy (non-hydrogen) atoms. The van der Waals surface area contributed by atoms with Crippen LogP contribution in [0.25, 0.3) is 0 Å². The minimum absolute atomic E-state index is 0.0709. The molecule has 1 aromatic rings. The van der Waals surface area contributed by atoms with Crippen molar-refractivity contribution in [1.82, 2.24) is 25.5 Å². The van der Waals surface area contributed by atoms with Crippen LogP contribution >= 0.6 is 11.8 Å². The predicted molar refractivity (Wildman–Crippen MR) is 68.6 cm³/mol. The van der Waals surface area contributed by atoms with Gasteiger partial charge in [-0.2, -0.15) is 0 Å². The molecule has 1 heterocycles. The summed E-state index contributed by atoms with van der Waals surface area (Å²) in [6, 6.07) is 0. The van der Waals surface area contributed by atoms with E-state index in [0.29, 0.717) is 24.2 Å². The maximum atomic E-state index is 11.5. The first-order valence-electron chi connectivity index (χ1n) is 5.86. The van der Waals surface area contributed by atoms with Crippen molar-refractivity contribution in [1.29, 1.82) is 0 Å². The number of rotatable bonds is 8. The number of tetrazole rings is 1. The second-order valence-corrected chi connectivity index (χ2v) is 5.26. The third-order valence-electron chi connectivity index (χ3n) is 2.08. The first-order chi connectivity index (χ1) is 8.99. The molecule has 0 atom stereocenters. The minimum Gasteiger partial charge on any atom is -0.481 e. The number of aryl methyl sites for hydroxylation is 1. The fourth-order valence-corrected chi connectivity index (χ4v) is 1.80. The van der Waals surface area contributed by atoms with Crippen molar-refractivity contribution in [3.63, 3.8) is 0 Å². The topological polar surface area (TPSA) is 110 Å². The van der Waals surface area contributed by atoms with Crippen molar-refractivity contribution >= 4 is 23.6 Å². The summed E-state index contributed by atoms with van der Waals surface area (Å²) in [6.45, 7) is 5.00. The minimum atomic E-state index is -0.936. The number of carbonyl (C=O) groups excluding carboxylic acids is 1. The summed E-state index contributed by atoms with van der Waals surface area (Å²) in [5, 5.41) is 22.7. The molecule has 9 heteroatoms. The van der Waals surface area contributed by atoms with Crippen LogP contribution in [0, 0.1) is 5.92 Å². The lowest BCUT2D eigenvalue weighted by atomic mass is 10.2. The lowest BCUT2D eigenvalue weighted by molar-refractivity contribution is -0.134. The Hall–Kier alpha value is -1.64. The average Bonchev–Trinajstić information content (AvgIpc) is 2.78. The van der Waals surface area contributed by atoms with Gasteiger partial charge in [0.15, 0.2) is 0 Å². The lowest BCUT2D eigenvalue weighted by Crippen LogP contribution is -2.28. The molecule has 0 radical (unpaired) electrons. The molecule has 0 saturated heterocycles. The first kappa shape index (κ1) is 15.4. The second-order valence-electron chi connectivity index (χ2n) is 4.31. The van der Waals surface area contributed by atoms with Gasteiger partial charge in [0.1, 0.15) is 0 Å². The van der Waals surface area contributed by atoms with Gasteiger partial charge >= 0.3 is 5.97 Å². The van der Waals surface area contributed by atoms with Crippen LogP contribution in [0.3, 0.4) is 0 Å². The van der Waals surface area contributed by atoms with Gasteiger partial charge < -0.3 is 10.4 Å². The molecule has 0 bridgehead atoms.